The fourth-order valence-electron chi connectivity index (χ4n) is 2.56. The van der Waals surface area contributed by atoms with Gasteiger partial charge in [0, 0.05) is 20.6 Å². The Labute approximate surface area is 173 Å². The number of sulfonamides is 1. The Balaban J connectivity index is 1.99. The maximum absolute atomic E-state index is 12.5. The number of aryl methyl sites for hydroxylation is 1. The molecule has 0 unspecified atom stereocenters. The van der Waals surface area contributed by atoms with Crippen molar-refractivity contribution in [2.75, 3.05) is 33.8 Å². The summed E-state index contributed by atoms with van der Waals surface area (Å²) in [6.07, 6.45) is 0. The zero-order valence-corrected chi connectivity index (χ0v) is 18.3. The zero-order valence-electron chi connectivity index (χ0n) is 17.5. The molecule has 8 heteroatoms. The van der Waals surface area contributed by atoms with Crippen molar-refractivity contribution in [3.05, 3.63) is 59.7 Å². The summed E-state index contributed by atoms with van der Waals surface area (Å²) >= 11 is 0. The number of nitrogens with one attached hydrogen (secondary N) is 2. The lowest BCUT2D eigenvalue weighted by molar-refractivity contribution is 0.322. The zero-order chi connectivity index (χ0) is 21.3. The molecule has 0 fully saturated rings. The molecule has 2 N–H and O–H groups in total. The highest BCUT2D eigenvalue weighted by Gasteiger charge is 2.20. The molecule has 0 aliphatic heterocycles. The summed E-state index contributed by atoms with van der Waals surface area (Å²) in [5.74, 6) is 1.43. The van der Waals surface area contributed by atoms with Crippen LogP contribution >= 0.6 is 0 Å². The van der Waals surface area contributed by atoms with E-state index < -0.39 is 10.0 Å². The van der Waals surface area contributed by atoms with Crippen LogP contribution in [0.1, 0.15) is 18.1 Å². The fourth-order valence-corrected chi connectivity index (χ4v) is 3.67. The van der Waals surface area contributed by atoms with Crippen LogP contribution in [-0.4, -0.2) is 52.5 Å². The molecule has 0 atom stereocenters. The van der Waals surface area contributed by atoms with Crippen LogP contribution in [0.4, 0.5) is 0 Å². The van der Waals surface area contributed by atoms with Gasteiger partial charge in [0.2, 0.25) is 10.0 Å². The molecular weight excluding hydrogens is 388 g/mol. The molecular formula is C21H30N4O3S. The highest BCUT2D eigenvalue weighted by atomic mass is 32.2. The van der Waals surface area contributed by atoms with Gasteiger partial charge in [-0.05, 0) is 37.6 Å². The van der Waals surface area contributed by atoms with E-state index in [1.54, 1.807) is 18.2 Å². The summed E-state index contributed by atoms with van der Waals surface area (Å²) < 4.78 is 32.0. The van der Waals surface area contributed by atoms with Gasteiger partial charge in [0.15, 0.2) is 5.96 Å². The van der Waals surface area contributed by atoms with Crippen molar-refractivity contribution in [3.63, 3.8) is 0 Å². The van der Waals surface area contributed by atoms with E-state index in [-0.39, 0.29) is 11.4 Å². The predicted octanol–water partition coefficient (Wildman–Crippen LogP) is 2.38. The van der Waals surface area contributed by atoms with Gasteiger partial charge in [0.1, 0.15) is 12.4 Å². The Morgan fingerprint density at radius 1 is 1.07 bits per heavy atom. The van der Waals surface area contributed by atoms with E-state index in [1.807, 2.05) is 44.2 Å². The van der Waals surface area contributed by atoms with Gasteiger partial charge < -0.3 is 15.4 Å². The molecule has 29 heavy (non-hydrogen) atoms. The number of rotatable bonds is 9. The second-order valence-electron chi connectivity index (χ2n) is 6.68. The summed E-state index contributed by atoms with van der Waals surface area (Å²) in [5.41, 5.74) is 1.84. The Morgan fingerprint density at radius 2 is 1.76 bits per heavy atom. The van der Waals surface area contributed by atoms with Gasteiger partial charge >= 0.3 is 0 Å². The predicted molar refractivity (Wildman–Crippen MR) is 117 cm³/mol. The number of hydrogen-bond donors (Lipinski definition) is 2. The Kier molecular flexibility index (Phi) is 8.48. The van der Waals surface area contributed by atoms with E-state index in [4.69, 9.17) is 4.74 Å². The number of guanidine groups is 1. The van der Waals surface area contributed by atoms with E-state index in [0.717, 1.165) is 5.75 Å². The lowest BCUT2D eigenvalue weighted by Crippen LogP contribution is -2.39. The van der Waals surface area contributed by atoms with E-state index in [9.17, 15) is 8.42 Å². The molecule has 2 rings (SSSR count). The molecule has 0 aliphatic rings. The van der Waals surface area contributed by atoms with Gasteiger partial charge in [-0.25, -0.2) is 17.7 Å². The summed E-state index contributed by atoms with van der Waals surface area (Å²) in [4.78, 5) is 4.80. The minimum Gasteiger partial charge on any atom is -0.492 e. The summed E-state index contributed by atoms with van der Waals surface area (Å²) in [5, 5.41) is 6.37. The van der Waals surface area contributed by atoms with Crippen LogP contribution < -0.4 is 15.4 Å². The molecule has 0 radical (unpaired) electrons. The highest BCUT2D eigenvalue weighted by Crippen LogP contribution is 2.19. The third-order valence-corrected chi connectivity index (χ3v) is 6.08. The van der Waals surface area contributed by atoms with Gasteiger partial charge in [0.25, 0.3) is 0 Å². The van der Waals surface area contributed by atoms with E-state index in [0.29, 0.717) is 31.2 Å². The second kappa shape index (κ2) is 10.8. The second-order valence-corrected chi connectivity index (χ2v) is 8.80. The SMILES string of the molecule is CCNC(=NCc1ccccc1S(=O)(=O)N(C)C)NCCOc1ccc(C)cc1. The number of ether oxygens (including phenoxy) is 1. The quantitative estimate of drug-likeness (QED) is 0.371. The van der Waals surface area contributed by atoms with Crippen molar-refractivity contribution in [1.82, 2.24) is 14.9 Å². The van der Waals surface area contributed by atoms with Gasteiger partial charge in [-0.1, -0.05) is 35.9 Å². The van der Waals surface area contributed by atoms with Crippen molar-refractivity contribution in [1.29, 1.82) is 0 Å². The van der Waals surface area contributed by atoms with E-state index in [1.165, 1.54) is 24.0 Å². The molecule has 0 spiro atoms. The molecule has 0 heterocycles. The smallest absolute Gasteiger partial charge is 0.242 e. The third-order valence-electron chi connectivity index (χ3n) is 4.17. The first-order valence-electron chi connectivity index (χ1n) is 9.56. The molecule has 0 aromatic heterocycles. The Bertz CT molecular complexity index is 910. The number of nitrogens with zero attached hydrogens (tertiary/aromatic N) is 2. The number of hydrogen-bond acceptors (Lipinski definition) is 4. The van der Waals surface area contributed by atoms with Crippen molar-refractivity contribution in [2.24, 2.45) is 4.99 Å². The normalized spacial score (nSPS) is 12.1. The standard InChI is InChI=1S/C21H30N4O3S/c1-5-22-21(23-14-15-28-19-12-10-17(2)11-13-19)24-16-18-8-6-7-9-20(18)29(26,27)25(3)4/h6-13H,5,14-16H2,1-4H3,(H2,22,23,24). The van der Waals surface area contributed by atoms with Crippen LogP contribution in [0, 0.1) is 6.92 Å². The first-order chi connectivity index (χ1) is 13.8. The number of aliphatic imine (C=N–C) groups is 1. The van der Waals surface area contributed by atoms with Gasteiger partial charge in [-0.3, -0.25) is 0 Å². The molecule has 0 saturated carbocycles. The first kappa shape index (κ1) is 22.7. The van der Waals surface area contributed by atoms with Crippen LogP contribution in [-0.2, 0) is 16.6 Å². The minimum atomic E-state index is -3.52. The average molecular weight is 419 g/mol. The van der Waals surface area contributed by atoms with Crippen LogP contribution in [0.25, 0.3) is 0 Å². The van der Waals surface area contributed by atoms with E-state index in [2.05, 4.69) is 15.6 Å². The van der Waals surface area contributed by atoms with Crippen LogP contribution in [0.2, 0.25) is 0 Å². The molecule has 2 aromatic carbocycles. The monoisotopic (exact) mass is 418 g/mol. The molecule has 0 amide bonds. The van der Waals surface area contributed by atoms with Gasteiger partial charge in [-0.2, -0.15) is 0 Å². The Hall–Kier alpha value is -2.58. The maximum atomic E-state index is 12.5. The van der Waals surface area contributed by atoms with E-state index >= 15 is 0 Å². The number of benzene rings is 2. The van der Waals surface area contributed by atoms with Crippen LogP contribution in [0.3, 0.4) is 0 Å². The lowest BCUT2D eigenvalue weighted by Gasteiger charge is -2.15. The summed E-state index contributed by atoms with van der Waals surface area (Å²) in [6.45, 7) is 6.01. The fraction of sp³-hybridized carbons (Fsp3) is 0.381. The first-order valence-corrected chi connectivity index (χ1v) is 11.0. The summed E-state index contributed by atoms with van der Waals surface area (Å²) in [6, 6.07) is 14.8. The van der Waals surface area contributed by atoms with Crippen molar-refractivity contribution >= 4 is 16.0 Å². The minimum absolute atomic E-state index is 0.247. The molecule has 0 saturated heterocycles. The third kappa shape index (κ3) is 6.76. The summed E-state index contributed by atoms with van der Waals surface area (Å²) in [7, 11) is -0.473. The van der Waals surface area contributed by atoms with Crippen LogP contribution in [0.5, 0.6) is 5.75 Å². The van der Waals surface area contributed by atoms with Crippen LogP contribution in [0.15, 0.2) is 58.4 Å². The molecule has 2 aromatic rings. The molecule has 0 aliphatic carbocycles. The average Bonchev–Trinajstić information content (AvgIpc) is 2.70. The maximum Gasteiger partial charge on any atom is 0.242 e. The molecule has 158 valence electrons. The van der Waals surface area contributed by atoms with Gasteiger partial charge in [0.05, 0.1) is 18.0 Å². The highest BCUT2D eigenvalue weighted by molar-refractivity contribution is 7.89. The Morgan fingerprint density at radius 3 is 2.41 bits per heavy atom. The van der Waals surface area contributed by atoms with Crippen molar-refractivity contribution in [2.45, 2.75) is 25.3 Å². The largest absolute Gasteiger partial charge is 0.492 e. The van der Waals surface area contributed by atoms with Gasteiger partial charge in [-0.15, -0.1) is 0 Å². The van der Waals surface area contributed by atoms with Crippen molar-refractivity contribution in [3.8, 4) is 5.75 Å². The lowest BCUT2D eigenvalue weighted by atomic mass is 10.2. The molecule has 0 bridgehead atoms. The van der Waals surface area contributed by atoms with Crippen molar-refractivity contribution < 1.29 is 13.2 Å². The topological polar surface area (TPSA) is 83.0 Å². The molecule has 7 nitrogen and oxygen atoms in total.